The van der Waals surface area contributed by atoms with Crippen molar-refractivity contribution in [2.24, 2.45) is 0 Å². The van der Waals surface area contributed by atoms with Crippen molar-refractivity contribution in [3.05, 3.63) is 65.2 Å². The van der Waals surface area contributed by atoms with Crippen LogP contribution in [-0.4, -0.2) is 29.9 Å². The summed E-state index contributed by atoms with van der Waals surface area (Å²) in [5, 5.41) is 13.7. The van der Waals surface area contributed by atoms with E-state index in [1.165, 1.54) is 16.7 Å². The summed E-state index contributed by atoms with van der Waals surface area (Å²) in [6, 6.07) is 16.6. The van der Waals surface area contributed by atoms with Gasteiger partial charge in [-0.25, -0.2) is 0 Å². The minimum Gasteiger partial charge on any atom is -0.491 e. The van der Waals surface area contributed by atoms with E-state index in [4.69, 9.17) is 4.74 Å². The number of hydrogen-bond acceptors (Lipinski definition) is 3. The molecule has 1 unspecified atom stereocenters. The average Bonchev–Trinajstić information content (AvgIpc) is 2.57. The smallest absolute Gasteiger partial charge is 0.119 e. The van der Waals surface area contributed by atoms with Gasteiger partial charge in [0.2, 0.25) is 0 Å². The normalized spacial score (nSPS) is 12.8. The highest BCUT2D eigenvalue weighted by molar-refractivity contribution is 5.33. The van der Waals surface area contributed by atoms with Gasteiger partial charge in [0.05, 0.1) is 0 Å². The van der Waals surface area contributed by atoms with E-state index in [1.54, 1.807) is 0 Å². The lowest BCUT2D eigenvalue weighted by Crippen LogP contribution is -2.45. The Morgan fingerprint density at radius 2 is 1.68 bits per heavy atom. The summed E-state index contributed by atoms with van der Waals surface area (Å²) >= 11 is 0. The summed E-state index contributed by atoms with van der Waals surface area (Å²) < 4.78 is 5.73. The first-order chi connectivity index (χ1) is 11.8. The predicted octanol–water partition coefficient (Wildman–Crippen LogP) is 4.04. The van der Waals surface area contributed by atoms with E-state index >= 15 is 0 Å². The number of benzene rings is 2. The van der Waals surface area contributed by atoms with Gasteiger partial charge in [0, 0.05) is 12.1 Å². The first-order valence-corrected chi connectivity index (χ1v) is 9.02. The van der Waals surface area contributed by atoms with Crippen LogP contribution in [0.3, 0.4) is 0 Å². The second kappa shape index (κ2) is 9.02. The van der Waals surface area contributed by atoms with Crippen LogP contribution >= 0.6 is 0 Å². The SMILES string of the molecule is Cc1cc(C)cc(OCC(O)CNC(C)(C)CCc2ccccc2)c1. The molecule has 0 bridgehead atoms. The van der Waals surface area contributed by atoms with Crippen LogP contribution in [0.5, 0.6) is 5.75 Å². The number of aliphatic hydroxyl groups excluding tert-OH is 1. The minimum atomic E-state index is -0.531. The number of rotatable bonds is 9. The van der Waals surface area contributed by atoms with Crippen LogP contribution in [-0.2, 0) is 6.42 Å². The molecule has 0 aliphatic rings. The van der Waals surface area contributed by atoms with Crippen molar-refractivity contribution in [2.45, 2.75) is 52.2 Å². The van der Waals surface area contributed by atoms with Crippen molar-refractivity contribution >= 4 is 0 Å². The summed E-state index contributed by atoms with van der Waals surface area (Å²) in [7, 11) is 0. The molecule has 0 saturated carbocycles. The van der Waals surface area contributed by atoms with E-state index in [0.717, 1.165) is 18.6 Å². The highest BCUT2D eigenvalue weighted by Crippen LogP contribution is 2.17. The first-order valence-electron chi connectivity index (χ1n) is 9.02. The summed E-state index contributed by atoms with van der Waals surface area (Å²) in [5.41, 5.74) is 3.65. The molecule has 1 atom stereocenters. The zero-order valence-electron chi connectivity index (χ0n) is 15.9. The fourth-order valence-corrected chi connectivity index (χ4v) is 2.85. The molecule has 0 radical (unpaired) electrons. The Bertz CT molecular complexity index is 632. The topological polar surface area (TPSA) is 41.5 Å². The monoisotopic (exact) mass is 341 g/mol. The van der Waals surface area contributed by atoms with E-state index in [1.807, 2.05) is 32.0 Å². The molecule has 0 heterocycles. The lowest BCUT2D eigenvalue weighted by atomic mass is 9.95. The number of aliphatic hydroxyl groups is 1. The average molecular weight is 341 g/mol. The number of hydrogen-bond donors (Lipinski definition) is 2. The van der Waals surface area contributed by atoms with Crippen LogP contribution in [0.25, 0.3) is 0 Å². The van der Waals surface area contributed by atoms with E-state index in [2.05, 4.69) is 49.5 Å². The van der Waals surface area contributed by atoms with Gasteiger partial charge in [0.1, 0.15) is 18.5 Å². The van der Waals surface area contributed by atoms with Crippen molar-refractivity contribution in [1.29, 1.82) is 0 Å². The molecule has 0 aromatic heterocycles. The molecule has 25 heavy (non-hydrogen) atoms. The maximum Gasteiger partial charge on any atom is 0.119 e. The lowest BCUT2D eigenvalue weighted by Gasteiger charge is -2.28. The molecule has 3 heteroatoms. The van der Waals surface area contributed by atoms with Gasteiger partial charge >= 0.3 is 0 Å². The number of ether oxygens (including phenoxy) is 1. The molecule has 0 amide bonds. The van der Waals surface area contributed by atoms with Crippen molar-refractivity contribution in [2.75, 3.05) is 13.2 Å². The molecule has 0 aliphatic carbocycles. The quantitative estimate of drug-likeness (QED) is 0.723. The summed E-state index contributed by atoms with van der Waals surface area (Å²) in [6.45, 7) is 9.26. The zero-order valence-corrected chi connectivity index (χ0v) is 15.9. The predicted molar refractivity (Wildman–Crippen MR) is 104 cm³/mol. The second-order valence-corrected chi connectivity index (χ2v) is 7.54. The maximum atomic E-state index is 10.2. The standard InChI is InChI=1S/C22H31NO2/c1-17-12-18(2)14-21(13-17)25-16-20(24)15-23-22(3,4)11-10-19-8-6-5-7-9-19/h5-9,12-14,20,23-24H,10-11,15-16H2,1-4H3. The molecule has 0 aliphatic heterocycles. The highest BCUT2D eigenvalue weighted by Gasteiger charge is 2.18. The lowest BCUT2D eigenvalue weighted by molar-refractivity contribution is 0.0981. The zero-order chi connectivity index (χ0) is 18.3. The van der Waals surface area contributed by atoms with E-state index in [-0.39, 0.29) is 5.54 Å². The fraction of sp³-hybridized carbons (Fsp3) is 0.455. The molecule has 2 aromatic carbocycles. The summed E-state index contributed by atoms with van der Waals surface area (Å²) in [4.78, 5) is 0. The van der Waals surface area contributed by atoms with Crippen molar-refractivity contribution in [3.63, 3.8) is 0 Å². The van der Waals surface area contributed by atoms with Gasteiger partial charge in [-0.15, -0.1) is 0 Å². The van der Waals surface area contributed by atoms with Gasteiger partial charge in [-0.2, -0.15) is 0 Å². The van der Waals surface area contributed by atoms with Crippen LogP contribution in [0, 0.1) is 13.8 Å². The highest BCUT2D eigenvalue weighted by atomic mass is 16.5. The van der Waals surface area contributed by atoms with Gasteiger partial charge in [0.15, 0.2) is 0 Å². The van der Waals surface area contributed by atoms with Crippen LogP contribution in [0.4, 0.5) is 0 Å². The molecule has 2 rings (SSSR count). The van der Waals surface area contributed by atoms with Crippen molar-refractivity contribution in [1.82, 2.24) is 5.32 Å². The summed E-state index contributed by atoms with van der Waals surface area (Å²) in [6.07, 6.45) is 1.51. The number of β-amino-alcohol motifs (C(OH)–C–C–N with tert-alkyl or cyclic N) is 1. The maximum absolute atomic E-state index is 10.2. The minimum absolute atomic E-state index is 0.0310. The Hall–Kier alpha value is -1.84. The molecule has 2 N–H and O–H groups in total. The van der Waals surface area contributed by atoms with E-state index in [0.29, 0.717) is 13.2 Å². The molecule has 136 valence electrons. The van der Waals surface area contributed by atoms with E-state index < -0.39 is 6.10 Å². The Morgan fingerprint density at radius 1 is 1.04 bits per heavy atom. The van der Waals surface area contributed by atoms with Crippen LogP contribution < -0.4 is 10.1 Å². The van der Waals surface area contributed by atoms with Gasteiger partial charge in [-0.05, 0) is 69.4 Å². The van der Waals surface area contributed by atoms with Crippen LogP contribution in [0.2, 0.25) is 0 Å². The Morgan fingerprint density at radius 3 is 2.32 bits per heavy atom. The fourth-order valence-electron chi connectivity index (χ4n) is 2.85. The molecule has 0 fully saturated rings. The second-order valence-electron chi connectivity index (χ2n) is 7.54. The molecule has 0 spiro atoms. The van der Waals surface area contributed by atoms with Gasteiger partial charge in [0.25, 0.3) is 0 Å². The third-order valence-corrected chi connectivity index (χ3v) is 4.34. The molecule has 2 aromatic rings. The largest absolute Gasteiger partial charge is 0.491 e. The third kappa shape index (κ3) is 7.29. The van der Waals surface area contributed by atoms with Gasteiger partial charge < -0.3 is 15.2 Å². The number of nitrogens with one attached hydrogen (secondary N) is 1. The van der Waals surface area contributed by atoms with E-state index in [9.17, 15) is 5.11 Å². The van der Waals surface area contributed by atoms with Gasteiger partial charge in [-0.3, -0.25) is 0 Å². The first kappa shape index (κ1) is 19.5. The summed E-state index contributed by atoms with van der Waals surface area (Å²) in [5.74, 6) is 0.819. The van der Waals surface area contributed by atoms with Gasteiger partial charge in [-0.1, -0.05) is 36.4 Å². The Balaban J connectivity index is 1.73. The van der Waals surface area contributed by atoms with Crippen molar-refractivity contribution in [3.8, 4) is 5.75 Å². The molecular formula is C22H31NO2. The third-order valence-electron chi connectivity index (χ3n) is 4.34. The van der Waals surface area contributed by atoms with Crippen molar-refractivity contribution < 1.29 is 9.84 Å². The van der Waals surface area contributed by atoms with Crippen LogP contribution in [0.1, 0.15) is 37.0 Å². The van der Waals surface area contributed by atoms with Crippen LogP contribution in [0.15, 0.2) is 48.5 Å². The molecular weight excluding hydrogens is 310 g/mol. The Kier molecular flexibility index (Phi) is 7.03. The molecule has 0 saturated heterocycles. The number of aryl methyl sites for hydroxylation is 3. The molecule has 3 nitrogen and oxygen atoms in total. The Labute approximate surface area is 152 Å².